The van der Waals surface area contributed by atoms with Gasteiger partial charge in [-0.3, -0.25) is 0 Å². The fraction of sp³-hybridized carbons (Fsp3) is 0.571. The molecule has 0 aliphatic heterocycles. The number of anilines is 1. The van der Waals surface area contributed by atoms with E-state index in [9.17, 15) is 0 Å². The van der Waals surface area contributed by atoms with Crippen LogP contribution in [0.15, 0.2) is 12.1 Å². The van der Waals surface area contributed by atoms with Crippen molar-refractivity contribution in [2.24, 2.45) is 5.41 Å². The summed E-state index contributed by atoms with van der Waals surface area (Å²) >= 11 is 0. The van der Waals surface area contributed by atoms with Gasteiger partial charge in [-0.15, -0.1) is 0 Å². The van der Waals surface area contributed by atoms with Crippen LogP contribution in [0, 0.1) is 19.3 Å². The zero-order valence-corrected chi connectivity index (χ0v) is 11.1. The van der Waals surface area contributed by atoms with E-state index in [-0.39, 0.29) is 0 Å². The minimum Gasteiger partial charge on any atom is -0.493 e. The normalized spacial score (nSPS) is 11.6. The molecular formula is C14H23NO. The average Bonchev–Trinajstić information content (AvgIpc) is 2.11. The average molecular weight is 221 g/mol. The largest absolute Gasteiger partial charge is 0.493 e. The summed E-state index contributed by atoms with van der Waals surface area (Å²) in [7, 11) is 0. The van der Waals surface area contributed by atoms with Gasteiger partial charge < -0.3 is 10.5 Å². The summed E-state index contributed by atoms with van der Waals surface area (Å²) in [6.45, 7) is 11.5. The van der Waals surface area contributed by atoms with E-state index in [1.807, 2.05) is 26.0 Å². The Morgan fingerprint density at radius 2 is 1.75 bits per heavy atom. The first-order valence-corrected chi connectivity index (χ1v) is 5.79. The third-order valence-corrected chi connectivity index (χ3v) is 2.67. The van der Waals surface area contributed by atoms with Gasteiger partial charge in [-0.05, 0) is 48.9 Å². The van der Waals surface area contributed by atoms with Crippen LogP contribution in [0.25, 0.3) is 0 Å². The lowest BCUT2D eigenvalue weighted by Crippen LogP contribution is -2.11. The first-order valence-electron chi connectivity index (χ1n) is 5.79. The molecule has 1 rings (SSSR count). The van der Waals surface area contributed by atoms with Gasteiger partial charge >= 0.3 is 0 Å². The number of nitrogen functional groups attached to an aromatic ring is 1. The van der Waals surface area contributed by atoms with Crippen molar-refractivity contribution in [3.8, 4) is 5.75 Å². The van der Waals surface area contributed by atoms with E-state index >= 15 is 0 Å². The second-order valence-corrected chi connectivity index (χ2v) is 5.63. The lowest BCUT2D eigenvalue weighted by Gasteiger charge is -2.19. The van der Waals surface area contributed by atoms with Gasteiger partial charge in [0.15, 0.2) is 0 Å². The van der Waals surface area contributed by atoms with Gasteiger partial charge in [0.2, 0.25) is 0 Å². The number of hydrogen-bond acceptors (Lipinski definition) is 2. The molecule has 0 aliphatic carbocycles. The van der Waals surface area contributed by atoms with Gasteiger partial charge in [0.05, 0.1) is 6.61 Å². The minimum atomic E-state index is 0.316. The number of aryl methyl sites for hydroxylation is 2. The van der Waals surface area contributed by atoms with Crippen LogP contribution in [-0.2, 0) is 0 Å². The van der Waals surface area contributed by atoms with Crippen LogP contribution < -0.4 is 10.5 Å². The molecule has 2 heteroatoms. The third kappa shape index (κ3) is 3.76. The molecule has 1 aromatic rings. The van der Waals surface area contributed by atoms with Crippen LogP contribution in [0.2, 0.25) is 0 Å². The second kappa shape index (κ2) is 4.77. The smallest absolute Gasteiger partial charge is 0.122 e. The predicted octanol–water partition coefficient (Wildman–Crippen LogP) is 3.70. The maximum absolute atomic E-state index is 5.83. The molecule has 0 heterocycles. The van der Waals surface area contributed by atoms with Crippen molar-refractivity contribution in [1.82, 2.24) is 0 Å². The molecule has 0 aromatic heterocycles. The molecule has 90 valence electrons. The highest BCUT2D eigenvalue weighted by Gasteiger charge is 2.10. The summed E-state index contributed by atoms with van der Waals surface area (Å²) in [5.74, 6) is 0.955. The van der Waals surface area contributed by atoms with E-state index in [0.29, 0.717) is 5.41 Å². The molecule has 0 saturated heterocycles. The van der Waals surface area contributed by atoms with Crippen molar-refractivity contribution in [3.05, 3.63) is 23.3 Å². The van der Waals surface area contributed by atoms with Gasteiger partial charge in [0, 0.05) is 5.69 Å². The van der Waals surface area contributed by atoms with E-state index in [1.54, 1.807) is 0 Å². The van der Waals surface area contributed by atoms with Crippen LogP contribution in [0.3, 0.4) is 0 Å². The highest BCUT2D eigenvalue weighted by atomic mass is 16.5. The molecule has 0 amide bonds. The Morgan fingerprint density at radius 3 is 2.31 bits per heavy atom. The summed E-state index contributed by atoms with van der Waals surface area (Å²) in [4.78, 5) is 0. The third-order valence-electron chi connectivity index (χ3n) is 2.67. The van der Waals surface area contributed by atoms with E-state index in [4.69, 9.17) is 10.5 Å². The maximum atomic E-state index is 5.83. The molecule has 0 unspecified atom stereocenters. The molecule has 0 bridgehead atoms. The standard InChI is InChI=1S/C14H23NO/c1-10-9-13(11(2)8-12(10)15)16-7-6-14(3,4)5/h8-9H,6-7,15H2,1-5H3. The van der Waals surface area contributed by atoms with Crippen molar-refractivity contribution in [2.45, 2.75) is 41.0 Å². The molecular weight excluding hydrogens is 198 g/mol. The van der Waals surface area contributed by atoms with E-state index in [2.05, 4.69) is 20.8 Å². The van der Waals surface area contributed by atoms with E-state index in [1.165, 1.54) is 0 Å². The Kier molecular flexibility index (Phi) is 3.84. The highest BCUT2D eigenvalue weighted by Crippen LogP contribution is 2.25. The van der Waals surface area contributed by atoms with Crippen LogP contribution in [0.5, 0.6) is 5.75 Å². The highest BCUT2D eigenvalue weighted by molar-refractivity contribution is 5.53. The minimum absolute atomic E-state index is 0.316. The molecule has 2 N–H and O–H groups in total. The maximum Gasteiger partial charge on any atom is 0.122 e. The topological polar surface area (TPSA) is 35.2 Å². The number of nitrogens with two attached hydrogens (primary N) is 1. The zero-order chi connectivity index (χ0) is 12.3. The van der Waals surface area contributed by atoms with Crippen LogP contribution >= 0.6 is 0 Å². The molecule has 0 spiro atoms. The second-order valence-electron chi connectivity index (χ2n) is 5.63. The van der Waals surface area contributed by atoms with Crippen molar-refractivity contribution >= 4 is 5.69 Å². The van der Waals surface area contributed by atoms with E-state index in [0.717, 1.165) is 35.6 Å². The fourth-order valence-electron chi connectivity index (χ4n) is 1.43. The van der Waals surface area contributed by atoms with Gasteiger partial charge in [-0.1, -0.05) is 20.8 Å². The molecule has 0 atom stereocenters. The predicted molar refractivity (Wildman–Crippen MR) is 69.9 cm³/mol. The van der Waals surface area contributed by atoms with Crippen LogP contribution in [0.1, 0.15) is 38.3 Å². The molecule has 2 nitrogen and oxygen atoms in total. The van der Waals surface area contributed by atoms with Gasteiger partial charge in [-0.2, -0.15) is 0 Å². The number of benzene rings is 1. The fourth-order valence-corrected chi connectivity index (χ4v) is 1.43. The summed E-state index contributed by atoms with van der Waals surface area (Å²) in [5.41, 5.74) is 9.17. The van der Waals surface area contributed by atoms with Gasteiger partial charge in [0.1, 0.15) is 5.75 Å². The van der Waals surface area contributed by atoms with Crippen LogP contribution in [0.4, 0.5) is 5.69 Å². The SMILES string of the molecule is Cc1cc(OCCC(C)(C)C)c(C)cc1N. The summed E-state index contributed by atoms with van der Waals surface area (Å²) in [6.07, 6.45) is 1.05. The first-order chi connectivity index (χ1) is 7.29. The van der Waals surface area contributed by atoms with Crippen molar-refractivity contribution in [2.75, 3.05) is 12.3 Å². The molecule has 16 heavy (non-hydrogen) atoms. The molecule has 1 aromatic carbocycles. The summed E-state index contributed by atoms with van der Waals surface area (Å²) < 4.78 is 5.79. The monoisotopic (exact) mass is 221 g/mol. The summed E-state index contributed by atoms with van der Waals surface area (Å²) in [5, 5.41) is 0. The van der Waals surface area contributed by atoms with Crippen molar-refractivity contribution in [1.29, 1.82) is 0 Å². The first kappa shape index (κ1) is 12.9. The molecule has 0 aliphatic rings. The molecule has 0 fully saturated rings. The Hall–Kier alpha value is -1.18. The van der Waals surface area contributed by atoms with Crippen LogP contribution in [-0.4, -0.2) is 6.61 Å². The Bertz CT molecular complexity index is 364. The molecule has 0 saturated carbocycles. The molecule has 0 radical (unpaired) electrons. The lowest BCUT2D eigenvalue weighted by molar-refractivity contribution is 0.242. The number of hydrogen-bond donors (Lipinski definition) is 1. The van der Waals surface area contributed by atoms with Crippen molar-refractivity contribution in [3.63, 3.8) is 0 Å². The lowest BCUT2D eigenvalue weighted by atomic mass is 9.93. The van der Waals surface area contributed by atoms with Crippen molar-refractivity contribution < 1.29 is 4.74 Å². The Balaban J connectivity index is 2.64. The zero-order valence-electron chi connectivity index (χ0n) is 11.1. The van der Waals surface area contributed by atoms with E-state index < -0.39 is 0 Å². The van der Waals surface area contributed by atoms with Gasteiger partial charge in [-0.25, -0.2) is 0 Å². The Labute approximate surface area is 98.8 Å². The quantitative estimate of drug-likeness (QED) is 0.790. The number of rotatable bonds is 3. The Morgan fingerprint density at radius 1 is 1.12 bits per heavy atom. The summed E-state index contributed by atoms with van der Waals surface area (Å²) in [6, 6.07) is 4.00. The van der Waals surface area contributed by atoms with Gasteiger partial charge in [0.25, 0.3) is 0 Å². The number of ether oxygens (including phenoxy) is 1.